The number of likely N-dealkylation sites (tertiary alicyclic amines) is 1. The first-order chi connectivity index (χ1) is 7.02. The lowest BCUT2D eigenvalue weighted by Gasteiger charge is -2.27. The molecule has 0 bridgehead atoms. The fourth-order valence-corrected chi connectivity index (χ4v) is 2.54. The second-order valence-electron chi connectivity index (χ2n) is 4.89. The number of aryl methyl sites for hydroxylation is 1. The van der Waals surface area contributed by atoms with Crippen LogP contribution in [0.3, 0.4) is 0 Å². The van der Waals surface area contributed by atoms with Crippen molar-refractivity contribution in [2.24, 2.45) is 5.92 Å². The Labute approximate surface area is 91.5 Å². The van der Waals surface area contributed by atoms with Gasteiger partial charge in [0.05, 0.1) is 0 Å². The molecule has 0 radical (unpaired) electrons. The van der Waals surface area contributed by atoms with E-state index in [0.717, 1.165) is 18.7 Å². The Morgan fingerprint density at radius 1 is 1.47 bits per heavy atom. The summed E-state index contributed by atoms with van der Waals surface area (Å²) in [6.45, 7) is 5.88. The molecule has 1 N–H and O–H groups in total. The van der Waals surface area contributed by atoms with Crippen LogP contribution >= 0.6 is 0 Å². The van der Waals surface area contributed by atoms with E-state index < -0.39 is 5.60 Å². The smallest absolute Gasteiger partial charge is 0.106 e. The molecule has 1 saturated heterocycles. The molecule has 1 aliphatic heterocycles. The van der Waals surface area contributed by atoms with Crippen LogP contribution in [0.4, 0.5) is 0 Å². The number of hydrogen-bond acceptors (Lipinski definition) is 2. The average Bonchev–Trinajstić information content (AvgIpc) is 2.42. The van der Waals surface area contributed by atoms with Crippen molar-refractivity contribution < 1.29 is 5.11 Å². The fraction of sp³-hybridized carbons (Fsp3) is 0.538. The van der Waals surface area contributed by atoms with E-state index in [9.17, 15) is 5.11 Å². The molecule has 0 unspecified atom stereocenters. The molecule has 0 saturated carbocycles. The van der Waals surface area contributed by atoms with Gasteiger partial charge in [0.1, 0.15) is 5.60 Å². The summed E-state index contributed by atoms with van der Waals surface area (Å²) >= 11 is 0. The Hall–Kier alpha value is -0.860. The van der Waals surface area contributed by atoms with Crippen LogP contribution in [-0.2, 0) is 5.60 Å². The first-order valence-electron chi connectivity index (χ1n) is 5.50. The quantitative estimate of drug-likeness (QED) is 0.755. The summed E-state index contributed by atoms with van der Waals surface area (Å²) in [5, 5.41) is 10.7. The van der Waals surface area contributed by atoms with Gasteiger partial charge in [0, 0.05) is 19.0 Å². The van der Waals surface area contributed by atoms with Crippen LogP contribution in [0.25, 0.3) is 0 Å². The highest BCUT2D eigenvalue weighted by atomic mass is 16.3. The van der Waals surface area contributed by atoms with Gasteiger partial charge in [-0.2, -0.15) is 0 Å². The van der Waals surface area contributed by atoms with Crippen molar-refractivity contribution >= 4 is 0 Å². The normalized spacial score (nSPS) is 32.1. The first-order valence-corrected chi connectivity index (χ1v) is 5.50. The third-order valence-corrected chi connectivity index (χ3v) is 3.43. The Morgan fingerprint density at radius 2 is 2.20 bits per heavy atom. The van der Waals surface area contributed by atoms with Crippen LogP contribution in [0.1, 0.15) is 18.1 Å². The summed E-state index contributed by atoms with van der Waals surface area (Å²) in [7, 11) is 2.06. The topological polar surface area (TPSA) is 23.5 Å². The molecule has 0 aromatic heterocycles. The van der Waals surface area contributed by atoms with Gasteiger partial charge in [-0.3, -0.25) is 0 Å². The van der Waals surface area contributed by atoms with E-state index in [4.69, 9.17) is 0 Å². The zero-order chi connectivity index (χ0) is 11.1. The van der Waals surface area contributed by atoms with Gasteiger partial charge in [-0.25, -0.2) is 0 Å². The van der Waals surface area contributed by atoms with Crippen LogP contribution in [0.15, 0.2) is 24.3 Å². The standard InChI is InChI=1S/C13H19NO/c1-10-5-4-6-12(7-10)13(15)9-14(3)8-11(13)2/h4-7,11,15H,8-9H2,1-3H3/t11-,13-/m1/s1. The molecule has 2 rings (SSSR count). The molecule has 1 aromatic rings. The molecule has 2 nitrogen and oxygen atoms in total. The Balaban J connectivity index is 2.37. The van der Waals surface area contributed by atoms with E-state index in [0.29, 0.717) is 5.92 Å². The molecule has 0 amide bonds. The maximum Gasteiger partial charge on any atom is 0.106 e. The van der Waals surface area contributed by atoms with Crippen molar-refractivity contribution in [3.8, 4) is 0 Å². The van der Waals surface area contributed by atoms with Gasteiger partial charge >= 0.3 is 0 Å². The van der Waals surface area contributed by atoms with E-state index in [1.54, 1.807) is 0 Å². The number of hydrogen-bond donors (Lipinski definition) is 1. The largest absolute Gasteiger partial charge is 0.383 e. The zero-order valence-electron chi connectivity index (χ0n) is 9.70. The predicted octanol–water partition coefficient (Wildman–Crippen LogP) is 1.76. The molecular formula is C13H19NO. The van der Waals surface area contributed by atoms with Crippen molar-refractivity contribution in [1.82, 2.24) is 4.90 Å². The van der Waals surface area contributed by atoms with Crippen LogP contribution in [0.2, 0.25) is 0 Å². The Bertz CT molecular complexity index is 363. The summed E-state index contributed by atoms with van der Waals surface area (Å²) in [5.74, 6) is 0.296. The lowest BCUT2D eigenvalue weighted by atomic mass is 9.85. The minimum Gasteiger partial charge on any atom is -0.383 e. The SMILES string of the molecule is Cc1cccc([C@@]2(O)CN(C)C[C@H]2C)c1. The molecule has 2 atom stereocenters. The molecule has 15 heavy (non-hydrogen) atoms. The predicted molar refractivity (Wildman–Crippen MR) is 61.7 cm³/mol. The van der Waals surface area contributed by atoms with Crippen molar-refractivity contribution in [2.75, 3.05) is 20.1 Å². The average molecular weight is 205 g/mol. The molecule has 1 fully saturated rings. The number of benzene rings is 1. The van der Waals surface area contributed by atoms with E-state index in [2.05, 4.69) is 37.9 Å². The van der Waals surface area contributed by atoms with E-state index in [1.807, 2.05) is 12.1 Å². The number of β-amino-alcohol motifs (C(OH)–C–C–N with tert-alkyl or cyclic N) is 1. The fourth-order valence-electron chi connectivity index (χ4n) is 2.54. The third kappa shape index (κ3) is 1.80. The zero-order valence-corrected chi connectivity index (χ0v) is 9.70. The van der Waals surface area contributed by atoms with Crippen LogP contribution in [0, 0.1) is 12.8 Å². The molecule has 2 heteroatoms. The number of likely N-dealkylation sites (N-methyl/N-ethyl adjacent to an activating group) is 1. The van der Waals surface area contributed by atoms with Gasteiger partial charge in [0.15, 0.2) is 0 Å². The summed E-state index contributed by atoms with van der Waals surface area (Å²) in [4.78, 5) is 2.19. The Morgan fingerprint density at radius 3 is 2.73 bits per heavy atom. The van der Waals surface area contributed by atoms with Crippen molar-refractivity contribution in [3.63, 3.8) is 0 Å². The highest BCUT2D eigenvalue weighted by Crippen LogP contribution is 2.36. The number of aliphatic hydroxyl groups is 1. The third-order valence-electron chi connectivity index (χ3n) is 3.43. The van der Waals surface area contributed by atoms with Crippen molar-refractivity contribution in [3.05, 3.63) is 35.4 Å². The van der Waals surface area contributed by atoms with Gasteiger partial charge in [-0.05, 0) is 19.5 Å². The summed E-state index contributed by atoms with van der Waals surface area (Å²) in [6, 6.07) is 8.21. The minimum atomic E-state index is -0.666. The molecule has 0 spiro atoms. The van der Waals surface area contributed by atoms with Gasteiger partial charge < -0.3 is 10.0 Å². The highest BCUT2D eigenvalue weighted by molar-refractivity contribution is 5.29. The maximum absolute atomic E-state index is 10.7. The second-order valence-corrected chi connectivity index (χ2v) is 4.89. The molecule has 1 heterocycles. The second kappa shape index (κ2) is 3.62. The van der Waals surface area contributed by atoms with Gasteiger partial charge in [-0.1, -0.05) is 36.8 Å². The summed E-state index contributed by atoms with van der Waals surface area (Å²) in [6.07, 6.45) is 0. The molecule has 82 valence electrons. The lowest BCUT2D eigenvalue weighted by molar-refractivity contribution is 0.0146. The van der Waals surface area contributed by atoms with Gasteiger partial charge in [0.2, 0.25) is 0 Å². The Kier molecular flexibility index (Phi) is 2.57. The van der Waals surface area contributed by atoms with Crippen molar-refractivity contribution in [2.45, 2.75) is 19.4 Å². The maximum atomic E-state index is 10.7. The first kappa shape index (κ1) is 10.7. The van der Waals surface area contributed by atoms with E-state index in [-0.39, 0.29) is 0 Å². The van der Waals surface area contributed by atoms with Gasteiger partial charge in [0.25, 0.3) is 0 Å². The summed E-state index contributed by atoms with van der Waals surface area (Å²) < 4.78 is 0. The minimum absolute atomic E-state index is 0.296. The van der Waals surface area contributed by atoms with Crippen LogP contribution in [0.5, 0.6) is 0 Å². The van der Waals surface area contributed by atoms with Crippen molar-refractivity contribution in [1.29, 1.82) is 0 Å². The summed E-state index contributed by atoms with van der Waals surface area (Å²) in [5.41, 5.74) is 1.60. The molecule has 1 aromatic carbocycles. The molecule has 1 aliphatic rings. The van der Waals surface area contributed by atoms with Gasteiger partial charge in [-0.15, -0.1) is 0 Å². The highest BCUT2D eigenvalue weighted by Gasteiger charge is 2.42. The number of nitrogens with zero attached hydrogens (tertiary/aromatic N) is 1. The van der Waals surface area contributed by atoms with E-state index >= 15 is 0 Å². The van der Waals surface area contributed by atoms with Crippen LogP contribution < -0.4 is 0 Å². The monoisotopic (exact) mass is 205 g/mol. The number of rotatable bonds is 1. The van der Waals surface area contributed by atoms with E-state index in [1.165, 1.54) is 5.56 Å². The molecular weight excluding hydrogens is 186 g/mol. The molecule has 0 aliphatic carbocycles. The van der Waals surface area contributed by atoms with Crippen LogP contribution in [-0.4, -0.2) is 30.1 Å². The lowest BCUT2D eigenvalue weighted by Crippen LogP contribution is -2.33.